The fourth-order valence-electron chi connectivity index (χ4n) is 7.69. The van der Waals surface area contributed by atoms with E-state index in [1.165, 1.54) is 106 Å². The van der Waals surface area contributed by atoms with Gasteiger partial charge in [-0.15, -0.1) is 11.1 Å². The van der Waals surface area contributed by atoms with Crippen molar-refractivity contribution in [1.29, 1.82) is 0 Å². The van der Waals surface area contributed by atoms with Crippen LogP contribution < -0.4 is 54.4 Å². The first-order valence-corrected chi connectivity index (χ1v) is 24.2. The maximum Gasteiger partial charge on any atom is 4.00 e. The van der Waals surface area contributed by atoms with Crippen molar-refractivity contribution in [2.45, 2.75) is 104 Å². The summed E-state index contributed by atoms with van der Waals surface area (Å²) in [4.78, 5) is 0. The number of benzene rings is 4. The van der Waals surface area contributed by atoms with E-state index < -0.39 is 19.5 Å². The van der Waals surface area contributed by atoms with Gasteiger partial charge in [0, 0.05) is 0 Å². The molecule has 2 nitrogen and oxygen atoms in total. The summed E-state index contributed by atoms with van der Waals surface area (Å²) in [6, 6.07) is 47.5. The first kappa shape index (κ1) is 49.7. The van der Waals surface area contributed by atoms with Gasteiger partial charge in [-0.3, -0.25) is 0 Å². The molecular formula is C50H61Cl2O2Si3Zr. The number of halogens is 2. The molecule has 0 fully saturated rings. The average Bonchev–Trinajstić information content (AvgIpc) is 3.78. The molecule has 0 bridgehead atoms. The zero-order valence-corrected chi connectivity index (χ0v) is 43.4. The molecule has 0 heterocycles. The maximum absolute atomic E-state index is 6.43. The quantitative estimate of drug-likeness (QED) is 0.172. The molecule has 0 saturated carbocycles. The molecule has 0 amide bonds. The van der Waals surface area contributed by atoms with Crippen LogP contribution in [0, 0.1) is 0 Å². The first-order chi connectivity index (χ1) is 26.6. The third kappa shape index (κ3) is 14.2. The molecule has 303 valence electrons. The van der Waals surface area contributed by atoms with Gasteiger partial charge in [-0.25, -0.2) is 0 Å². The molecule has 0 unspecified atom stereocenters. The fraction of sp³-hybridized carbons (Fsp3) is 0.320. The fourth-order valence-corrected chi connectivity index (χ4v) is 11.1. The van der Waals surface area contributed by atoms with E-state index in [2.05, 4.69) is 175 Å². The topological polar surface area (TPSA) is 18.5 Å². The Hall–Kier alpha value is -2.71. The van der Waals surface area contributed by atoms with Gasteiger partial charge in [0.2, 0.25) is 19.5 Å². The van der Waals surface area contributed by atoms with E-state index in [4.69, 9.17) is 8.85 Å². The van der Waals surface area contributed by atoms with Crippen molar-refractivity contribution in [3.05, 3.63) is 167 Å². The second-order valence-corrected chi connectivity index (χ2v) is 21.6. The van der Waals surface area contributed by atoms with Gasteiger partial charge in [0.25, 0.3) is 0 Å². The molecule has 8 heteroatoms. The summed E-state index contributed by atoms with van der Waals surface area (Å²) >= 11 is 0. The van der Waals surface area contributed by atoms with Crippen LogP contribution >= 0.6 is 0 Å². The molecule has 58 heavy (non-hydrogen) atoms. The zero-order chi connectivity index (χ0) is 38.7. The van der Waals surface area contributed by atoms with Crippen molar-refractivity contribution in [2.24, 2.45) is 0 Å². The molecule has 2 aliphatic rings. The summed E-state index contributed by atoms with van der Waals surface area (Å²) in [5.41, 5.74) is 9.27. The van der Waals surface area contributed by atoms with Crippen LogP contribution in [0.25, 0.3) is 0 Å². The molecule has 0 N–H and O–H groups in total. The van der Waals surface area contributed by atoms with E-state index in [9.17, 15) is 0 Å². The van der Waals surface area contributed by atoms with Gasteiger partial charge < -0.3 is 33.7 Å². The number of hydrogen-bond donors (Lipinski definition) is 0. The number of aryl methyl sites for hydroxylation is 2. The minimum absolute atomic E-state index is 0. The number of rotatable bonds is 8. The van der Waals surface area contributed by atoms with Gasteiger partial charge in [0.05, 0.1) is 0 Å². The van der Waals surface area contributed by atoms with Crippen molar-refractivity contribution in [3.8, 4) is 11.5 Å². The van der Waals surface area contributed by atoms with Gasteiger partial charge in [-0.05, 0) is 32.7 Å². The predicted molar refractivity (Wildman–Crippen MR) is 245 cm³/mol. The van der Waals surface area contributed by atoms with Gasteiger partial charge in [0.1, 0.15) is 9.52 Å². The van der Waals surface area contributed by atoms with Crippen LogP contribution in [0.5, 0.6) is 11.5 Å². The third-order valence-electron chi connectivity index (χ3n) is 10.7. The van der Waals surface area contributed by atoms with E-state index in [0.29, 0.717) is 0 Å². The Morgan fingerprint density at radius 2 is 0.776 bits per heavy atom. The van der Waals surface area contributed by atoms with Crippen molar-refractivity contribution < 1.29 is 59.9 Å². The SMILES string of the molecule is CC(C)(C)c1[cH-]c2c(c1O[SiH2]c1ccccc1)CCCC2.CC(C)(C)c1[cH-]c2c(c1O[SiH2]c1ccccc1)CCCC2.[Cl-].[Cl-].[Zr+4].c1ccc([SiH]c2ccccc2)cc1. The smallest absolute Gasteiger partial charge is 1.00 e. The molecule has 8 rings (SSSR count). The van der Waals surface area contributed by atoms with E-state index >= 15 is 0 Å². The van der Waals surface area contributed by atoms with E-state index in [-0.39, 0.29) is 71.4 Å². The van der Waals surface area contributed by atoms with E-state index in [1.54, 1.807) is 11.1 Å². The summed E-state index contributed by atoms with van der Waals surface area (Å²) in [6.07, 6.45) is 10.1. The van der Waals surface area contributed by atoms with Crippen LogP contribution in [0.15, 0.2) is 133 Å². The normalized spacial score (nSPS) is 13.3. The summed E-state index contributed by atoms with van der Waals surface area (Å²) in [6.45, 7) is 13.8. The third-order valence-corrected chi connectivity index (χ3v) is 14.6. The standard InChI is InChI=1S/2C19H25OSi.C12H11Si.2ClH.Zr/c2*1-19(2,3)17-13-14-9-7-8-12-16(14)18(17)20-21-15-10-5-4-6-11-15;1-3-7-11(8-4-1)13-12-9-5-2-6-10-12;;;/h2*4-6,10-11,13H,7-9,12,21H2,1-3H3;1-10,13H;2*1H;/q2*-1;;;;+4/p-2. The number of fused-ring (bicyclic) bond motifs is 2. The molecule has 2 aliphatic carbocycles. The van der Waals surface area contributed by atoms with Gasteiger partial charge in [-0.1, -0.05) is 225 Å². The maximum atomic E-state index is 6.43. The van der Waals surface area contributed by atoms with E-state index in [1.807, 2.05) is 0 Å². The van der Waals surface area contributed by atoms with Crippen LogP contribution in [0.4, 0.5) is 0 Å². The zero-order valence-electron chi connectivity index (χ0n) is 35.4. The summed E-state index contributed by atoms with van der Waals surface area (Å²) in [5.74, 6) is 2.46. The van der Waals surface area contributed by atoms with Crippen LogP contribution in [0.3, 0.4) is 0 Å². The Bertz CT molecular complexity index is 1900. The Morgan fingerprint density at radius 1 is 0.466 bits per heavy atom. The van der Waals surface area contributed by atoms with Crippen LogP contribution in [0.2, 0.25) is 0 Å². The van der Waals surface area contributed by atoms with Gasteiger partial charge in [-0.2, -0.15) is 34.4 Å². The second kappa shape index (κ2) is 23.9. The van der Waals surface area contributed by atoms with E-state index in [0.717, 1.165) is 0 Å². The van der Waals surface area contributed by atoms with Gasteiger partial charge in [0.15, 0.2) is 0 Å². The Balaban J connectivity index is 0.000000233. The first-order valence-electron chi connectivity index (χ1n) is 20.5. The molecule has 0 aliphatic heterocycles. The molecule has 0 saturated heterocycles. The van der Waals surface area contributed by atoms with Crippen LogP contribution in [-0.2, 0) is 62.7 Å². The Labute approximate surface area is 388 Å². The van der Waals surface area contributed by atoms with Gasteiger partial charge >= 0.3 is 26.2 Å². The molecule has 6 aromatic carbocycles. The predicted octanol–water partition coefficient (Wildman–Crippen LogP) is 1.82. The van der Waals surface area contributed by atoms with Crippen molar-refractivity contribution in [2.75, 3.05) is 0 Å². The monoisotopic (exact) mass is 937 g/mol. The van der Waals surface area contributed by atoms with Crippen LogP contribution in [-0.4, -0.2) is 29.0 Å². The molecule has 0 atom stereocenters. The van der Waals surface area contributed by atoms with Crippen molar-refractivity contribution in [1.82, 2.24) is 0 Å². The Kier molecular flexibility index (Phi) is 20.5. The minimum atomic E-state index is -0.690. The number of hydrogen-bond acceptors (Lipinski definition) is 2. The second-order valence-electron chi connectivity index (χ2n) is 17.2. The van der Waals surface area contributed by atoms with Crippen molar-refractivity contribution >= 4 is 49.8 Å². The minimum Gasteiger partial charge on any atom is -1.00 e. The molecule has 0 aromatic heterocycles. The Morgan fingerprint density at radius 3 is 1.10 bits per heavy atom. The summed E-state index contributed by atoms with van der Waals surface area (Å²) < 4.78 is 12.9. The van der Waals surface area contributed by atoms with Crippen molar-refractivity contribution in [3.63, 3.8) is 0 Å². The molecule has 6 aromatic rings. The molecular weight excluding hydrogens is 879 g/mol. The molecule has 1 radical (unpaired) electrons. The summed E-state index contributed by atoms with van der Waals surface area (Å²) in [7, 11) is -1.11. The molecule has 0 spiro atoms. The van der Waals surface area contributed by atoms with Crippen LogP contribution in [0.1, 0.15) is 101 Å². The summed E-state index contributed by atoms with van der Waals surface area (Å²) in [5, 5.41) is 5.66. The average molecular weight is 940 g/mol. The largest absolute Gasteiger partial charge is 4.00 e.